The number of ether oxygens (including phenoxy) is 2. The molecule has 35 heavy (non-hydrogen) atoms. The van der Waals surface area contributed by atoms with Crippen LogP contribution in [0.2, 0.25) is 0 Å². The maximum absolute atomic E-state index is 6.23. The number of methoxy groups -OCH3 is 1. The van der Waals surface area contributed by atoms with Crippen LogP contribution in [-0.4, -0.2) is 18.6 Å². The number of nitrogens with two attached hydrogens (primary N) is 1. The molecule has 0 fully saturated rings. The molecule has 2 heterocycles. The highest BCUT2D eigenvalue weighted by Gasteiger charge is 2.35. The average Bonchev–Trinajstić information content (AvgIpc) is 3.32. The van der Waals surface area contributed by atoms with Crippen molar-refractivity contribution in [2.45, 2.75) is 18.6 Å². The standard InChI is InChI=1S/C31H28N2O2/c1-34-27-17-16-23(18-28(27)35-20-21-10-4-2-5-11-21)30-31-29(24-14-8-9-15-26(24)33-31)25(19-32-30)22-12-6-3-7-13-22/h2-18,25,30,32-33H,19-20H2,1H3/p+1/t25-,30+/m0/s1. The van der Waals surface area contributed by atoms with Crippen LogP contribution in [-0.2, 0) is 6.61 Å². The maximum Gasteiger partial charge on any atom is 0.162 e. The summed E-state index contributed by atoms with van der Waals surface area (Å²) < 4.78 is 11.9. The zero-order valence-corrected chi connectivity index (χ0v) is 19.8. The van der Waals surface area contributed by atoms with Crippen molar-refractivity contribution in [1.29, 1.82) is 0 Å². The number of nitrogens with one attached hydrogen (secondary N) is 1. The molecule has 0 unspecified atom stereocenters. The summed E-state index contributed by atoms with van der Waals surface area (Å²) in [7, 11) is 1.69. The minimum atomic E-state index is 0.155. The monoisotopic (exact) mass is 461 g/mol. The van der Waals surface area contributed by atoms with E-state index in [4.69, 9.17) is 9.47 Å². The van der Waals surface area contributed by atoms with Crippen LogP contribution in [0.4, 0.5) is 0 Å². The number of quaternary nitrogens is 1. The van der Waals surface area contributed by atoms with Crippen molar-refractivity contribution in [2.24, 2.45) is 0 Å². The van der Waals surface area contributed by atoms with Gasteiger partial charge in [-0.2, -0.15) is 0 Å². The first-order valence-electron chi connectivity index (χ1n) is 12.2. The third kappa shape index (κ3) is 4.07. The lowest BCUT2D eigenvalue weighted by Gasteiger charge is -2.28. The highest BCUT2D eigenvalue weighted by molar-refractivity contribution is 5.86. The first-order valence-corrected chi connectivity index (χ1v) is 12.2. The van der Waals surface area contributed by atoms with Gasteiger partial charge in [0.2, 0.25) is 0 Å². The number of hydrogen-bond donors (Lipinski definition) is 2. The third-order valence-corrected chi connectivity index (χ3v) is 7.03. The predicted molar refractivity (Wildman–Crippen MR) is 139 cm³/mol. The van der Waals surface area contributed by atoms with Crippen molar-refractivity contribution in [2.75, 3.05) is 13.7 Å². The molecule has 1 aromatic heterocycles. The summed E-state index contributed by atoms with van der Waals surface area (Å²) in [5.74, 6) is 1.86. The Morgan fingerprint density at radius 1 is 0.800 bits per heavy atom. The molecular weight excluding hydrogens is 432 g/mol. The molecule has 1 aliphatic rings. The van der Waals surface area contributed by atoms with E-state index in [1.807, 2.05) is 24.3 Å². The maximum atomic E-state index is 6.23. The van der Waals surface area contributed by atoms with Crippen molar-refractivity contribution < 1.29 is 14.8 Å². The van der Waals surface area contributed by atoms with E-state index in [2.05, 4.69) is 89.2 Å². The van der Waals surface area contributed by atoms with Crippen LogP contribution in [0.25, 0.3) is 10.9 Å². The van der Waals surface area contributed by atoms with Gasteiger partial charge in [-0.1, -0.05) is 78.9 Å². The van der Waals surface area contributed by atoms with Gasteiger partial charge < -0.3 is 19.8 Å². The first kappa shape index (κ1) is 21.5. The van der Waals surface area contributed by atoms with Gasteiger partial charge in [0.15, 0.2) is 17.5 Å². The van der Waals surface area contributed by atoms with E-state index in [1.165, 1.54) is 33.3 Å². The van der Waals surface area contributed by atoms with Gasteiger partial charge in [0, 0.05) is 22.0 Å². The second-order valence-electron chi connectivity index (χ2n) is 9.09. The van der Waals surface area contributed by atoms with Gasteiger partial charge >= 0.3 is 0 Å². The molecule has 6 rings (SSSR count). The fourth-order valence-corrected chi connectivity index (χ4v) is 5.34. The SMILES string of the molecule is COc1ccc([C@H]2[NH2+]C[C@@H](c3ccccc3)c3c2[nH]c2ccccc32)cc1OCc1ccccc1. The predicted octanol–water partition coefficient (Wildman–Crippen LogP) is 5.55. The molecule has 0 saturated carbocycles. The molecule has 5 aromatic rings. The Bertz CT molecular complexity index is 1440. The topological polar surface area (TPSA) is 50.9 Å². The Labute approximate surface area is 205 Å². The van der Waals surface area contributed by atoms with Crippen LogP contribution < -0.4 is 14.8 Å². The second-order valence-corrected chi connectivity index (χ2v) is 9.09. The number of rotatable bonds is 6. The van der Waals surface area contributed by atoms with E-state index in [-0.39, 0.29) is 6.04 Å². The summed E-state index contributed by atoms with van der Waals surface area (Å²) in [6.07, 6.45) is 0. The molecule has 0 amide bonds. The molecule has 4 nitrogen and oxygen atoms in total. The Kier molecular flexibility index (Phi) is 5.73. The number of fused-ring (bicyclic) bond motifs is 3. The minimum Gasteiger partial charge on any atom is -0.493 e. The molecule has 1 aliphatic heterocycles. The lowest BCUT2D eigenvalue weighted by molar-refractivity contribution is -0.692. The number of para-hydroxylation sites is 1. The van der Waals surface area contributed by atoms with Crippen LogP contribution in [0.1, 0.15) is 39.9 Å². The summed E-state index contributed by atoms with van der Waals surface area (Å²) in [6.45, 7) is 1.48. The summed E-state index contributed by atoms with van der Waals surface area (Å²) in [6, 6.07) is 36.2. The fourth-order valence-electron chi connectivity index (χ4n) is 5.34. The molecule has 0 radical (unpaired) electrons. The molecule has 4 heteroatoms. The van der Waals surface area contributed by atoms with Crippen LogP contribution >= 0.6 is 0 Å². The van der Waals surface area contributed by atoms with Gasteiger partial charge in [-0.25, -0.2) is 0 Å². The van der Waals surface area contributed by atoms with Crippen molar-refractivity contribution >= 4 is 10.9 Å². The number of benzene rings is 4. The Morgan fingerprint density at radius 3 is 2.34 bits per heavy atom. The van der Waals surface area contributed by atoms with Gasteiger partial charge in [-0.15, -0.1) is 0 Å². The third-order valence-electron chi connectivity index (χ3n) is 7.03. The van der Waals surface area contributed by atoms with Crippen molar-refractivity contribution in [1.82, 2.24) is 4.98 Å². The van der Waals surface area contributed by atoms with Crippen molar-refractivity contribution in [3.63, 3.8) is 0 Å². The van der Waals surface area contributed by atoms with Crippen LogP contribution in [0.3, 0.4) is 0 Å². The van der Waals surface area contributed by atoms with E-state index in [9.17, 15) is 0 Å². The fraction of sp³-hybridized carbons (Fsp3) is 0.161. The molecule has 0 spiro atoms. The Balaban J connectivity index is 1.40. The Hall–Kier alpha value is -4.02. The van der Waals surface area contributed by atoms with E-state index in [1.54, 1.807) is 7.11 Å². The number of aromatic amines is 1. The van der Waals surface area contributed by atoms with Gasteiger partial charge in [0.1, 0.15) is 6.61 Å². The summed E-state index contributed by atoms with van der Waals surface area (Å²) >= 11 is 0. The van der Waals surface area contributed by atoms with Crippen LogP contribution in [0, 0.1) is 0 Å². The lowest BCUT2D eigenvalue weighted by Crippen LogP contribution is -2.88. The second kappa shape index (κ2) is 9.32. The molecular formula is C31H29N2O2+. The zero-order valence-electron chi connectivity index (χ0n) is 19.8. The Morgan fingerprint density at radius 2 is 1.54 bits per heavy atom. The molecule has 3 N–H and O–H groups in total. The zero-order chi connectivity index (χ0) is 23.6. The van der Waals surface area contributed by atoms with E-state index in [0.29, 0.717) is 12.5 Å². The highest BCUT2D eigenvalue weighted by atomic mass is 16.5. The summed E-state index contributed by atoms with van der Waals surface area (Å²) in [5.41, 5.74) is 7.55. The number of aromatic nitrogens is 1. The van der Waals surface area contributed by atoms with E-state index >= 15 is 0 Å². The molecule has 0 bridgehead atoms. The minimum absolute atomic E-state index is 0.155. The van der Waals surface area contributed by atoms with Gasteiger partial charge in [0.25, 0.3) is 0 Å². The van der Waals surface area contributed by atoms with Gasteiger partial charge in [0.05, 0.1) is 25.3 Å². The number of hydrogen-bond acceptors (Lipinski definition) is 2. The first-order chi connectivity index (χ1) is 17.3. The highest BCUT2D eigenvalue weighted by Crippen LogP contribution is 2.40. The normalized spacial score (nSPS) is 17.2. The van der Waals surface area contributed by atoms with Crippen molar-refractivity contribution in [3.05, 3.63) is 131 Å². The average molecular weight is 462 g/mol. The van der Waals surface area contributed by atoms with E-state index in [0.717, 1.165) is 23.6 Å². The van der Waals surface area contributed by atoms with Crippen LogP contribution in [0.5, 0.6) is 11.5 Å². The molecule has 174 valence electrons. The molecule has 2 atom stereocenters. The molecule has 0 saturated heterocycles. The largest absolute Gasteiger partial charge is 0.493 e. The smallest absolute Gasteiger partial charge is 0.162 e. The van der Waals surface area contributed by atoms with Gasteiger partial charge in [-0.05, 0) is 35.4 Å². The van der Waals surface area contributed by atoms with E-state index < -0.39 is 0 Å². The quantitative estimate of drug-likeness (QED) is 0.348. The van der Waals surface area contributed by atoms with Crippen LogP contribution in [0.15, 0.2) is 103 Å². The molecule has 0 aliphatic carbocycles. The summed E-state index contributed by atoms with van der Waals surface area (Å²) in [5, 5.41) is 3.75. The molecule has 4 aromatic carbocycles. The summed E-state index contributed by atoms with van der Waals surface area (Å²) in [4.78, 5) is 3.77. The number of H-pyrrole nitrogens is 1. The van der Waals surface area contributed by atoms with Crippen molar-refractivity contribution in [3.8, 4) is 11.5 Å². The lowest BCUT2D eigenvalue weighted by atomic mass is 9.83. The van der Waals surface area contributed by atoms with Gasteiger partial charge in [-0.3, -0.25) is 0 Å².